The summed E-state index contributed by atoms with van der Waals surface area (Å²) < 4.78 is 0. The molecule has 0 radical (unpaired) electrons. The number of nitrogens with two attached hydrogens (primary N) is 1. The van der Waals surface area contributed by atoms with Crippen LogP contribution in [0.2, 0.25) is 0 Å². The van der Waals surface area contributed by atoms with Gasteiger partial charge in [-0.3, -0.25) is 14.5 Å². The lowest BCUT2D eigenvalue weighted by atomic mass is 9.82. The first-order valence-electron chi connectivity index (χ1n) is 7.36. The lowest BCUT2D eigenvalue weighted by Gasteiger charge is -2.31. The number of nitrogens with zero attached hydrogens (tertiary/aromatic N) is 1. The number of amides is 1. The second-order valence-electron chi connectivity index (χ2n) is 5.83. The van der Waals surface area contributed by atoms with Crippen LogP contribution in [0.4, 0.5) is 11.4 Å². The van der Waals surface area contributed by atoms with Crippen molar-refractivity contribution >= 4 is 23.3 Å². The molecule has 0 atom stereocenters. The van der Waals surface area contributed by atoms with Gasteiger partial charge < -0.3 is 10.8 Å². The Labute approximate surface area is 124 Å². The summed E-state index contributed by atoms with van der Waals surface area (Å²) in [7, 11) is 0. The van der Waals surface area contributed by atoms with Gasteiger partial charge >= 0.3 is 5.97 Å². The fourth-order valence-electron chi connectivity index (χ4n) is 2.88. The topological polar surface area (TPSA) is 83.6 Å². The van der Waals surface area contributed by atoms with Gasteiger partial charge in [0.05, 0.1) is 11.4 Å². The summed E-state index contributed by atoms with van der Waals surface area (Å²) in [4.78, 5) is 25.1. The van der Waals surface area contributed by atoms with Crippen molar-refractivity contribution in [3.63, 3.8) is 0 Å². The standard InChI is InChI=1S/C16H22N2O3/c1-11-6-8-12(9-7-11)16(21)18(10-15(19)20)14-5-3-2-4-13(14)17/h2-5,11-12H,6-10,17H2,1H3,(H,19,20). The molecule has 0 unspecified atom stereocenters. The fourth-order valence-corrected chi connectivity index (χ4v) is 2.88. The highest BCUT2D eigenvalue weighted by molar-refractivity contribution is 6.01. The minimum Gasteiger partial charge on any atom is -0.480 e. The molecule has 1 fully saturated rings. The van der Waals surface area contributed by atoms with Crippen molar-refractivity contribution in [2.75, 3.05) is 17.2 Å². The smallest absolute Gasteiger partial charge is 0.323 e. The molecule has 3 N–H and O–H groups in total. The van der Waals surface area contributed by atoms with Gasteiger partial charge in [0.15, 0.2) is 0 Å². The van der Waals surface area contributed by atoms with E-state index >= 15 is 0 Å². The van der Waals surface area contributed by atoms with Crippen LogP contribution in [0, 0.1) is 11.8 Å². The van der Waals surface area contributed by atoms with Crippen molar-refractivity contribution in [2.24, 2.45) is 11.8 Å². The molecule has 0 aliphatic heterocycles. The number of para-hydroxylation sites is 2. The van der Waals surface area contributed by atoms with E-state index in [0.717, 1.165) is 25.7 Å². The van der Waals surface area contributed by atoms with Crippen molar-refractivity contribution in [2.45, 2.75) is 32.6 Å². The first-order valence-corrected chi connectivity index (χ1v) is 7.36. The van der Waals surface area contributed by atoms with Gasteiger partial charge in [0.2, 0.25) is 5.91 Å². The fraction of sp³-hybridized carbons (Fsp3) is 0.500. The van der Waals surface area contributed by atoms with Crippen LogP contribution >= 0.6 is 0 Å². The number of anilines is 2. The van der Waals surface area contributed by atoms with Crippen LogP contribution < -0.4 is 10.6 Å². The Kier molecular flexibility index (Phi) is 4.83. The number of hydrogen-bond acceptors (Lipinski definition) is 3. The zero-order chi connectivity index (χ0) is 15.4. The van der Waals surface area contributed by atoms with Crippen molar-refractivity contribution in [3.8, 4) is 0 Å². The number of rotatable bonds is 4. The maximum Gasteiger partial charge on any atom is 0.323 e. The molecule has 0 bridgehead atoms. The van der Waals surface area contributed by atoms with E-state index in [4.69, 9.17) is 10.8 Å². The molecular weight excluding hydrogens is 268 g/mol. The molecule has 1 aliphatic carbocycles. The largest absolute Gasteiger partial charge is 0.480 e. The van der Waals surface area contributed by atoms with Gasteiger partial charge in [0, 0.05) is 5.92 Å². The SMILES string of the molecule is CC1CCC(C(=O)N(CC(=O)O)c2ccccc2N)CC1. The molecule has 21 heavy (non-hydrogen) atoms. The van der Waals surface area contributed by atoms with Crippen LogP contribution in [0.5, 0.6) is 0 Å². The summed E-state index contributed by atoms with van der Waals surface area (Å²) in [6.07, 6.45) is 3.68. The summed E-state index contributed by atoms with van der Waals surface area (Å²) in [5.74, 6) is -0.609. The quantitative estimate of drug-likeness (QED) is 0.835. The van der Waals surface area contributed by atoms with E-state index in [-0.39, 0.29) is 18.4 Å². The predicted octanol–water partition coefficient (Wildman–Crippen LogP) is 2.51. The Morgan fingerprint density at radius 2 is 1.86 bits per heavy atom. The number of nitrogen functional groups attached to an aromatic ring is 1. The second-order valence-corrected chi connectivity index (χ2v) is 5.83. The first-order chi connectivity index (χ1) is 9.99. The molecular formula is C16H22N2O3. The van der Waals surface area contributed by atoms with Crippen LogP contribution in [0.15, 0.2) is 24.3 Å². The molecule has 1 aromatic rings. The van der Waals surface area contributed by atoms with Crippen LogP contribution in [0.1, 0.15) is 32.6 Å². The number of hydrogen-bond donors (Lipinski definition) is 2. The van der Waals surface area contributed by atoms with E-state index in [9.17, 15) is 9.59 Å². The van der Waals surface area contributed by atoms with E-state index in [1.807, 2.05) is 0 Å². The minimum atomic E-state index is -1.03. The minimum absolute atomic E-state index is 0.0971. The number of carboxylic acid groups (broad SMARTS) is 1. The van der Waals surface area contributed by atoms with E-state index in [2.05, 4.69) is 6.92 Å². The van der Waals surface area contributed by atoms with Gasteiger partial charge in [-0.2, -0.15) is 0 Å². The van der Waals surface area contributed by atoms with Gasteiger partial charge in [0.25, 0.3) is 0 Å². The molecule has 0 spiro atoms. The van der Waals surface area contributed by atoms with Gasteiger partial charge in [-0.15, -0.1) is 0 Å². The van der Waals surface area contributed by atoms with E-state index < -0.39 is 5.97 Å². The zero-order valence-electron chi connectivity index (χ0n) is 12.3. The molecule has 114 valence electrons. The van der Waals surface area contributed by atoms with E-state index in [0.29, 0.717) is 17.3 Å². The third-order valence-corrected chi connectivity index (χ3v) is 4.15. The number of carboxylic acids is 1. The first kappa shape index (κ1) is 15.4. The highest BCUT2D eigenvalue weighted by Crippen LogP contribution is 2.32. The van der Waals surface area contributed by atoms with Gasteiger partial charge in [-0.25, -0.2) is 0 Å². The second kappa shape index (κ2) is 6.61. The van der Waals surface area contributed by atoms with Gasteiger partial charge in [-0.05, 0) is 43.7 Å². The Hall–Kier alpha value is -2.04. The lowest BCUT2D eigenvalue weighted by Crippen LogP contribution is -2.41. The number of aliphatic carboxylic acids is 1. The van der Waals surface area contributed by atoms with E-state index in [1.165, 1.54) is 4.90 Å². The molecule has 0 heterocycles. The Balaban J connectivity index is 2.22. The third-order valence-electron chi connectivity index (χ3n) is 4.15. The average molecular weight is 290 g/mol. The van der Waals surface area contributed by atoms with Crippen molar-refractivity contribution in [1.82, 2.24) is 0 Å². The molecule has 0 saturated heterocycles. The van der Waals surface area contributed by atoms with Crippen molar-refractivity contribution in [1.29, 1.82) is 0 Å². The average Bonchev–Trinajstić information content (AvgIpc) is 2.45. The summed E-state index contributed by atoms with van der Waals surface area (Å²) in [6.45, 7) is 1.84. The third kappa shape index (κ3) is 3.74. The highest BCUT2D eigenvalue weighted by Gasteiger charge is 2.30. The van der Waals surface area contributed by atoms with Crippen LogP contribution in [-0.4, -0.2) is 23.5 Å². The summed E-state index contributed by atoms with van der Waals surface area (Å²) >= 11 is 0. The predicted molar refractivity (Wildman–Crippen MR) is 82.0 cm³/mol. The normalized spacial score (nSPS) is 21.8. The molecule has 1 amide bonds. The lowest BCUT2D eigenvalue weighted by molar-refractivity contribution is -0.137. The van der Waals surface area contributed by atoms with Crippen LogP contribution in [0.3, 0.4) is 0 Å². The van der Waals surface area contributed by atoms with Crippen molar-refractivity contribution < 1.29 is 14.7 Å². The summed E-state index contributed by atoms with van der Waals surface area (Å²) in [5, 5.41) is 9.09. The maximum atomic E-state index is 12.7. The summed E-state index contributed by atoms with van der Waals surface area (Å²) in [6, 6.07) is 6.91. The molecule has 1 aromatic carbocycles. The molecule has 1 aliphatic rings. The molecule has 5 nitrogen and oxygen atoms in total. The van der Waals surface area contributed by atoms with Gasteiger partial charge in [-0.1, -0.05) is 19.1 Å². The van der Waals surface area contributed by atoms with Crippen LogP contribution in [-0.2, 0) is 9.59 Å². The zero-order valence-corrected chi connectivity index (χ0v) is 12.3. The molecule has 0 aromatic heterocycles. The number of benzene rings is 1. The van der Waals surface area contributed by atoms with E-state index in [1.54, 1.807) is 24.3 Å². The molecule has 1 saturated carbocycles. The maximum absolute atomic E-state index is 12.7. The molecule has 5 heteroatoms. The summed E-state index contributed by atoms with van der Waals surface area (Å²) in [5.41, 5.74) is 6.82. The number of carbonyl (C=O) groups is 2. The number of carbonyl (C=O) groups excluding carboxylic acids is 1. The monoisotopic (exact) mass is 290 g/mol. The van der Waals surface area contributed by atoms with Gasteiger partial charge in [0.1, 0.15) is 6.54 Å². The highest BCUT2D eigenvalue weighted by atomic mass is 16.4. The Bertz CT molecular complexity index is 522. The molecule has 2 rings (SSSR count). The van der Waals surface area contributed by atoms with Crippen LogP contribution in [0.25, 0.3) is 0 Å². The van der Waals surface area contributed by atoms with Crippen molar-refractivity contribution in [3.05, 3.63) is 24.3 Å². The Morgan fingerprint density at radius 1 is 1.24 bits per heavy atom. The Morgan fingerprint density at radius 3 is 2.43 bits per heavy atom.